The standard InChI is InChI=1S/C10H15N3/c1-5-9(8(2)3)13-10(11-4)6-7-12-13/h5-8H,4H2,1-3H3/b9-5-. The second-order valence-electron chi connectivity index (χ2n) is 3.13. The normalized spacial score (nSPS) is 12.2. The molecule has 0 atom stereocenters. The van der Waals surface area contributed by atoms with E-state index >= 15 is 0 Å². The molecule has 3 heteroatoms. The largest absolute Gasteiger partial charge is 0.245 e. The van der Waals surface area contributed by atoms with Crippen LogP contribution in [0, 0.1) is 5.92 Å². The van der Waals surface area contributed by atoms with Gasteiger partial charge in [-0.2, -0.15) is 5.10 Å². The topological polar surface area (TPSA) is 30.2 Å². The van der Waals surface area contributed by atoms with Crippen LogP contribution >= 0.6 is 0 Å². The van der Waals surface area contributed by atoms with Gasteiger partial charge in [-0.05, 0) is 19.6 Å². The van der Waals surface area contributed by atoms with Crippen molar-refractivity contribution >= 4 is 18.2 Å². The van der Waals surface area contributed by atoms with Crippen LogP contribution in [0.4, 0.5) is 5.82 Å². The van der Waals surface area contributed by atoms with E-state index in [-0.39, 0.29) is 0 Å². The van der Waals surface area contributed by atoms with Gasteiger partial charge in [-0.15, -0.1) is 0 Å². The summed E-state index contributed by atoms with van der Waals surface area (Å²) in [5.41, 5.74) is 1.15. The predicted molar refractivity (Wildman–Crippen MR) is 56.2 cm³/mol. The highest BCUT2D eigenvalue weighted by Crippen LogP contribution is 2.21. The Kier molecular flexibility index (Phi) is 3.01. The average Bonchev–Trinajstić information content (AvgIpc) is 2.53. The Bertz CT molecular complexity index is 321. The third-order valence-corrected chi connectivity index (χ3v) is 1.92. The van der Waals surface area contributed by atoms with E-state index in [2.05, 4.69) is 30.7 Å². The Labute approximate surface area is 78.8 Å². The first-order chi connectivity index (χ1) is 6.20. The average molecular weight is 177 g/mol. The Morgan fingerprint density at radius 3 is 2.85 bits per heavy atom. The third kappa shape index (κ3) is 1.86. The lowest BCUT2D eigenvalue weighted by molar-refractivity contribution is 0.744. The van der Waals surface area contributed by atoms with E-state index in [4.69, 9.17) is 0 Å². The molecule has 0 N–H and O–H groups in total. The summed E-state index contributed by atoms with van der Waals surface area (Å²) in [7, 11) is 0. The van der Waals surface area contributed by atoms with Crippen molar-refractivity contribution in [2.24, 2.45) is 10.9 Å². The highest BCUT2D eigenvalue weighted by atomic mass is 15.3. The predicted octanol–water partition coefficient (Wildman–Crippen LogP) is 2.73. The first kappa shape index (κ1) is 9.71. The first-order valence-corrected chi connectivity index (χ1v) is 4.38. The summed E-state index contributed by atoms with van der Waals surface area (Å²) < 4.78 is 1.82. The molecule has 1 aromatic rings. The van der Waals surface area contributed by atoms with Crippen molar-refractivity contribution in [1.82, 2.24) is 9.78 Å². The number of aromatic nitrogens is 2. The summed E-state index contributed by atoms with van der Waals surface area (Å²) >= 11 is 0. The summed E-state index contributed by atoms with van der Waals surface area (Å²) in [5, 5.41) is 4.19. The molecule has 0 unspecified atom stereocenters. The van der Waals surface area contributed by atoms with Crippen LogP contribution in [0.25, 0.3) is 5.70 Å². The maximum atomic E-state index is 4.19. The lowest BCUT2D eigenvalue weighted by Gasteiger charge is -2.11. The Balaban J connectivity index is 3.12. The number of hydrogen-bond acceptors (Lipinski definition) is 2. The van der Waals surface area contributed by atoms with Crippen molar-refractivity contribution in [3.63, 3.8) is 0 Å². The molecule has 13 heavy (non-hydrogen) atoms. The van der Waals surface area contributed by atoms with Crippen LogP contribution in [-0.2, 0) is 0 Å². The monoisotopic (exact) mass is 177 g/mol. The molecule has 3 nitrogen and oxygen atoms in total. The zero-order valence-corrected chi connectivity index (χ0v) is 8.36. The number of rotatable bonds is 3. The molecule has 0 saturated heterocycles. The molecule has 70 valence electrons. The molecule has 0 aliphatic heterocycles. The van der Waals surface area contributed by atoms with Crippen molar-refractivity contribution < 1.29 is 0 Å². The number of allylic oxidation sites excluding steroid dienone is 2. The van der Waals surface area contributed by atoms with Gasteiger partial charge < -0.3 is 0 Å². The van der Waals surface area contributed by atoms with Crippen molar-refractivity contribution in [3.05, 3.63) is 18.3 Å². The zero-order valence-electron chi connectivity index (χ0n) is 8.36. The second kappa shape index (κ2) is 4.03. The van der Waals surface area contributed by atoms with E-state index in [0.717, 1.165) is 11.5 Å². The Hall–Kier alpha value is -1.38. The molecule has 0 spiro atoms. The van der Waals surface area contributed by atoms with Gasteiger partial charge in [0, 0.05) is 11.8 Å². The third-order valence-electron chi connectivity index (χ3n) is 1.92. The molecule has 0 radical (unpaired) electrons. The molecule has 1 heterocycles. The summed E-state index contributed by atoms with van der Waals surface area (Å²) in [4.78, 5) is 3.89. The van der Waals surface area contributed by atoms with Crippen molar-refractivity contribution in [1.29, 1.82) is 0 Å². The Morgan fingerprint density at radius 2 is 2.38 bits per heavy atom. The molecule has 1 aromatic heterocycles. The molecular formula is C10H15N3. The lowest BCUT2D eigenvalue weighted by atomic mass is 10.1. The van der Waals surface area contributed by atoms with E-state index < -0.39 is 0 Å². The van der Waals surface area contributed by atoms with Gasteiger partial charge in [0.15, 0.2) is 5.82 Å². The quantitative estimate of drug-likeness (QED) is 0.653. The Morgan fingerprint density at radius 1 is 1.69 bits per heavy atom. The van der Waals surface area contributed by atoms with Gasteiger partial charge in [0.2, 0.25) is 0 Å². The number of hydrogen-bond donors (Lipinski definition) is 0. The van der Waals surface area contributed by atoms with E-state index in [1.54, 1.807) is 6.20 Å². The van der Waals surface area contributed by atoms with Crippen LogP contribution in [0.5, 0.6) is 0 Å². The van der Waals surface area contributed by atoms with Crippen LogP contribution in [0.1, 0.15) is 20.8 Å². The molecule has 0 aromatic carbocycles. The number of aliphatic imine (C=N–C) groups is 1. The van der Waals surface area contributed by atoms with Crippen LogP contribution < -0.4 is 0 Å². The zero-order chi connectivity index (χ0) is 9.84. The van der Waals surface area contributed by atoms with Crippen LogP contribution in [0.3, 0.4) is 0 Å². The van der Waals surface area contributed by atoms with Crippen molar-refractivity contribution in [3.8, 4) is 0 Å². The molecule has 0 saturated carbocycles. The molecular weight excluding hydrogens is 162 g/mol. The second-order valence-corrected chi connectivity index (χ2v) is 3.13. The minimum absolute atomic E-state index is 0.436. The molecule has 0 fully saturated rings. The highest BCUT2D eigenvalue weighted by molar-refractivity contribution is 5.53. The fourth-order valence-corrected chi connectivity index (χ4v) is 1.32. The highest BCUT2D eigenvalue weighted by Gasteiger charge is 2.08. The molecule has 1 rings (SSSR count). The van der Waals surface area contributed by atoms with Crippen molar-refractivity contribution in [2.75, 3.05) is 0 Å². The van der Waals surface area contributed by atoms with E-state index in [1.807, 2.05) is 23.7 Å². The number of nitrogens with zero attached hydrogens (tertiary/aromatic N) is 3. The van der Waals surface area contributed by atoms with E-state index in [9.17, 15) is 0 Å². The molecule has 0 aliphatic rings. The van der Waals surface area contributed by atoms with Gasteiger partial charge in [0.25, 0.3) is 0 Å². The van der Waals surface area contributed by atoms with E-state index in [0.29, 0.717) is 5.92 Å². The van der Waals surface area contributed by atoms with Gasteiger partial charge in [0.1, 0.15) is 0 Å². The fraction of sp³-hybridized carbons (Fsp3) is 0.400. The van der Waals surface area contributed by atoms with Gasteiger partial charge in [-0.1, -0.05) is 19.9 Å². The van der Waals surface area contributed by atoms with Gasteiger partial charge in [-0.25, -0.2) is 9.67 Å². The van der Waals surface area contributed by atoms with Crippen LogP contribution in [0.15, 0.2) is 23.3 Å². The van der Waals surface area contributed by atoms with Crippen molar-refractivity contribution in [2.45, 2.75) is 20.8 Å². The van der Waals surface area contributed by atoms with Crippen LogP contribution in [0.2, 0.25) is 0 Å². The lowest BCUT2D eigenvalue weighted by Crippen LogP contribution is -2.04. The maximum Gasteiger partial charge on any atom is 0.154 e. The van der Waals surface area contributed by atoms with Gasteiger partial charge >= 0.3 is 0 Å². The first-order valence-electron chi connectivity index (χ1n) is 4.38. The minimum atomic E-state index is 0.436. The summed E-state index contributed by atoms with van der Waals surface area (Å²) in [5.74, 6) is 1.23. The molecule has 0 aliphatic carbocycles. The smallest absolute Gasteiger partial charge is 0.154 e. The maximum absolute atomic E-state index is 4.19. The van der Waals surface area contributed by atoms with E-state index in [1.165, 1.54) is 0 Å². The molecule has 0 amide bonds. The van der Waals surface area contributed by atoms with Gasteiger partial charge in [0.05, 0.1) is 6.20 Å². The summed E-state index contributed by atoms with van der Waals surface area (Å²) in [6, 6.07) is 1.85. The fourth-order valence-electron chi connectivity index (χ4n) is 1.32. The molecule has 0 bridgehead atoms. The summed E-state index contributed by atoms with van der Waals surface area (Å²) in [6.45, 7) is 9.76. The van der Waals surface area contributed by atoms with Gasteiger partial charge in [-0.3, -0.25) is 0 Å². The SMILES string of the molecule is C=Nc1ccnn1/C(=C\C)C(C)C. The van der Waals surface area contributed by atoms with Crippen LogP contribution in [-0.4, -0.2) is 16.5 Å². The summed E-state index contributed by atoms with van der Waals surface area (Å²) in [6.07, 6.45) is 3.78. The minimum Gasteiger partial charge on any atom is -0.245 e.